The van der Waals surface area contributed by atoms with Crippen LogP contribution < -0.4 is 10.2 Å². The number of ether oxygens (including phenoxy) is 1. The minimum absolute atomic E-state index is 0.0394. The number of thioether (sulfide) groups is 1. The molecule has 27 heavy (non-hydrogen) atoms. The molecule has 0 radical (unpaired) electrons. The largest absolute Gasteiger partial charge is 0.378 e. The highest BCUT2D eigenvalue weighted by molar-refractivity contribution is 8.00. The summed E-state index contributed by atoms with van der Waals surface area (Å²) in [5.41, 5.74) is 2.87. The number of hydrogen-bond acceptors (Lipinski definition) is 7. The molecule has 0 saturated carbocycles. The van der Waals surface area contributed by atoms with Crippen LogP contribution in [-0.4, -0.2) is 47.4 Å². The Hall–Kier alpha value is -2.16. The molecular weight excluding hydrogens is 380 g/mol. The van der Waals surface area contributed by atoms with Gasteiger partial charge in [0.2, 0.25) is 5.91 Å². The summed E-state index contributed by atoms with van der Waals surface area (Å²) < 4.78 is 6.41. The lowest BCUT2D eigenvalue weighted by atomic mass is 10.2. The molecular formula is C19H20N4O2S2. The molecule has 2 aromatic heterocycles. The molecule has 1 aromatic carbocycles. The summed E-state index contributed by atoms with van der Waals surface area (Å²) in [6.07, 6.45) is 1.55. The Balaban J connectivity index is 1.38. The highest BCUT2D eigenvalue weighted by Crippen LogP contribution is 2.31. The Labute approximate surface area is 166 Å². The van der Waals surface area contributed by atoms with Gasteiger partial charge in [0.25, 0.3) is 0 Å². The number of hydrogen-bond donors (Lipinski definition) is 1. The third kappa shape index (κ3) is 4.23. The smallest absolute Gasteiger partial charge is 0.237 e. The second-order valence-corrected chi connectivity index (χ2v) is 8.46. The Morgan fingerprint density at radius 3 is 2.78 bits per heavy atom. The van der Waals surface area contributed by atoms with Crippen LogP contribution in [0.15, 0.2) is 47.1 Å². The van der Waals surface area contributed by atoms with Gasteiger partial charge in [-0.25, -0.2) is 9.97 Å². The third-order valence-corrected chi connectivity index (χ3v) is 6.52. The second kappa shape index (κ2) is 8.24. The van der Waals surface area contributed by atoms with Crippen LogP contribution in [-0.2, 0) is 9.53 Å². The van der Waals surface area contributed by atoms with Gasteiger partial charge in [0.1, 0.15) is 11.4 Å². The van der Waals surface area contributed by atoms with Crippen molar-refractivity contribution in [3.05, 3.63) is 42.0 Å². The molecule has 140 valence electrons. The van der Waals surface area contributed by atoms with Crippen LogP contribution in [0.2, 0.25) is 0 Å². The molecule has 1 atom stereocenters. The number of benzene rings is 1. The highest BCUT2D eigenvalue weighted by Gasteiger charge is 2.18. The van der Waals surface area contributed by atoms with Crippen molar-refractivity contribution in [1.82, 2.24) is 9.97 Å². The van der Waals surface area contributed by atoms with E-state index in [1.165, 1.54) is 11.8 Å². The number of aromatic nitrogens is 2. The van der Waals surface area contributed by atoms with E-state index >= 15 is 0 Å². The van der Waals surface area contributed by atoms with Crippen molar-refractivity contribution in [3.8, 4) is 0 Å². The average molecular weight is 401 g/mol. The molecule has 1 fully saturated rings. The molecule has 3 aromatic rings. The van der Waals surface area contributed by atoms with Crippen LogP contribution in [0.3, 0.4) is 0 Å². The van der Waals surface area contributed by atoms with Crippen LogP contribution in [0.4, 0.5) is 11.4 Å². The maximum atomic E-state index is 12.6. The first-order valence-corrected chi connectivity index (χ1v) is 10.5. The summed E-state index contributed by atoms with van der Waals surface area (Å²) in [7, 11) is 0. The quantitative estimate of drug-likeness (QED) is 0.521. The van der Waals surface area contributed by atoms with Gasteiger partial charge in [-0.2, -0.15) is 0 Å². The van der Waals surface area contributed by atoms with Crippen molar-refractivity contribution in [2.75, 3.05) is 36.5 Å². The molecule has 0 aliphatic carbocycles. The Morgan fingerprint density at radius 1 is 1.22 bits per heavy atom. The molecule has 1 aliphatic rings. The van der Waals surface area contributed by atoms with E-state index in [9.17, 15) is 4.79 Å². The Morgan fingerprint density at radius 2 is 2.00 bits per heavy atom. The van der Waals surface area contributed by atoms with Crippen LogP contribution >= 0.6 is 23.1 Å². The summed E-state index contributed by atoms with van der Waals surface area (Å²) in [4.78, 5) is 23.4. The van der Waals surface area contributed by atoms with Crippen LogP contribution in [0.25, 0.3) is 10.2 Å². The van der Waals surface area contributed by atoms with Gasteiger partial charge < -0.3 is 15.0 Å². The molecule has 0 spiro atoms. The van der Waals surface area contributed by atoms with Crippen LogP contribution in [0.5, 0.6) is 0 Å². The summed E-state index contributed by atoms with van der Waals surface area (Å²) >= 11 is 3.05. The number of carbonyl (C=O) groups is 1. The van der Waals surface area contributed by atoms with E-state index in [0.29, 0.717) is 0 Å². The van der Waals surface area contributed by atoms with Crippen LogP contribution in [0, 0.1) is 0 Å². The van der Waals surface area contributed by atoms with Gasteiger partial charge in [0.05, 0.1) is 28.7 Å². The fourth-order valence-electron chi connectivity index (χ4n) is 2.89. The number of nitrogens with one attached hydrogen (secondary N) is 1. The van der Waals surface area contributed by atoms with Gasteiger partial charge in [-0.1, -0.05) is 11.8 Å². The van der Waals surface area contributed by atoms with Gasteiger partial charge in [-0.15, -0.1) is 11.3 Å². The first kappa shape index (κ1) is 18.2. The standard InChI is InChI=1S/C19H20N4O2S2/c1-13(27-19-17-16(6-11-26-17)20-12-21-19)18(24)22-14-2-4-15(5-3-14)23-7-9-25-10-8-23/h2-6,11-13H,7-10H2,1H3,(H,22,24). The van der Waals surface area contributed by atoms with Crippen LogP contribution in [0.1, 0.15) is 6.92 Å². The van der Waals surface area contributed by atoms with E-state index in [0.717, 1.165) is 52.9 Å². The molecule has 1 amide bonds. The maximum Gasteiger partial charge on any atom is 0.237 e. The van der Waals surface area contributed by atoms with Gasteiger partial charge in [0.15, 0.2) is 0 Å². The zero-order chi connectivity index (χ0) is 18.6. The number of amides is 1. The van der Waals surface area contributed by atoms with Gasteiger partial charge in [0, 0.05) is 24.5 Å². The number of morpholine rings is 1. The molecule has 1 N–H and O–H groups in total. The normalized spacial score (nSPS) is 15.7. The highest BCUT2D eigenvalue weighted by atomic mass is 32.2. The van der Waals surface area contributed by atoms with E-state index < -0.39 is 0 Å². The van der Waals surface area contributed by atoms with E-state index in [2.05, 4.69) is 20.2 Å². The molecule has 4 rings (SSSR count). The lowest BCUT2D eigenvalue weighted by molar-refractivity contribution is -0.115. The predicted octanol–water partition coefficient (Wildman–Crippen LogP) is 3.65. The summed E-state index contributed by atoms with van der Waals surface area (Å²) in [5.74, 6) is -0.0394. The minimum atomic E-state index is -0.260. The van der Waals surface area contributed by atoms with E-state index in [-0.39, 0.29) is 11.2 Å². The molecule has 1 aliphatic heterocycles. The minimum Gasteiger partial charge on any atom is -0.378 e. The summed E-state index contributed by atoms with van der Waals surface area (Å²) in [6.45, 7) is 5.20. The number of rotatable bonds is 5. The molecule has 8 heteroatoms. The lowest BCUT2D eigenvalue weighted by Crippen LogP contribution is -2.36. The average Bonchev–Trinajstić information content (AvgIpc) is 3.19. The summed E-state index contributed by atoms with van der Waals surface area (Å²) in [6, 6.07) is 9.94. The Bertz CT molecular complexity index is 923. The fourth-order valence-corrected chi connectivity index (χ4v) is 4.73. The number of carbonyl (C=O) groups excluding carboxylic acids is 1. The number of anilines is 2. The van der Waals surface area contributed by atoms with Crippen molar-refractivity contribution in [1.29, 1.82) is 0 Å². The predicted molar refractivity (Wildman–Crippen MR) is 111 cm³/mol. The van der Waals surface area contributed by atoms with Gasteiger partial charge in [-0.3, -0.25) is 4.79 Å². The fraction of sp³-hybridized carbons (Fsp3) is 0.316. The number of fused-ring (bicyclic) bond motifs is 1. The topological polar surface area (TPSA) is 67.4 Å². The lowest BCUT2D eigenvalue weighted by Gasteiger charge is -2.28. The first-order chi connectivity index (χ1) is 13.2. The van der Waals surface area contributed by atoms with Gasteiger partial charge in [-0.05, 0) is 42.6 Å². The molecule has 1 saturated heterocycles. The molecule has 6 nitrogen and oxygen atoms in total. The maximum absolute atomic E-state index is 12.6. The zero-order valence-electron chi connectivity index (χ0n) is 14.9. The Kier molecular flexibility index (Phi) is 5.56. The van der Waals surface area contributed by atoms with Crippen molar-refractivity contribution in [2.24, 2.45) is 0 Å². The molecule has 0 bridgehead atoms. The van der Waals surface area contributed by atoms with Crippen molar-refractivity contribution >= 4 is 50.6 Å². The monoisotopic (exact) mass is 400 g/mol. The van der Waals surface area contributed by atoms with E-state index in [4.69, 9.17) is 4.74 Å². The third-order valence-electron chi connectivity index (χ3n) is 4.38. The van der Waals surface area contributed by atoms with E-state index in [1.54, 1.807) is 17.7 Å². The van der Waals surface area contributed by atoms with Crippen molar-refractivity contribution < 1.29 is 9.53 Å². The van der Waals surface area contributed by atoms with Crippen molar-refractivity contribution in [2.45, 2.75) is 17.2 Å². The zero-order valence-corrected chi connectivity index (χ0v) is 16.6. The molecule has 3 heterocycles. The summed E-state index contributed by atoms with van der Waals surface area (Å²) in [5, 5.41) is 5.57. The van der Waals surface area contributed by atoms with Crippen molar-refractivity contribution in [3.63, 3.8) is 0 Å². The van der Waals surface area contributed by atoms with E-state index in [1.807, 2.05) is 42.6 Å². The second-order valence-electron chi connectivity index (χ2n) is 6.21. The first-order valence-electron chi connectivity index (χ1n) is 8.79. The number of thiophene rings is 1. The number of nitrogens with zero attached hydrogens (tertiary/aromatic N) is 3. The van der Waals surface area contributed by atoms with Gasteiger partial charge >= 0.3 is 0 Å². The SMILES string of the molecule is CC(Sc1ncnc2ccsc12)C(=O)Nc1ccc(N2CCOCC2)cc1. The molecule has 1 unspecified atom stereocenters.